The van der Waals surface area contributed by atoms with Crippen LogP contribution < -0.4 is 5.14 Å². The molecular weight excluding hydrogens is 318 g/mol. The Kier molecular flexibility index (Phi) is 3.48. The van der Waals surface area contributed by atoms with E-state index in [1.165, 1.54) is 36.0 Å². The molecule has 2 aromatic rings. The Bertz CT molecular complexity index is 935. The standard InChI is InChI=1S/C20H19NO2S/c21-24(22,23)17-9-7-16(8-10-17)19-14-20(11-4-12-20)13-18(19)15-5-2-1-3-6-15/h1-3,5-10,13-14H,4,11-12H2,(H2,21,22,23). The van der Waals surface area contributed by atoms with Crippen molar-refractivity contribution in [3.63, 3.8) is 0 Å². The molecule has 1 spiro atoms. The smallest absolute Gasteiger partial charge is 0.225 e. The highest BCUT2D eigenvalue weighted by atomic mass is 32.2. The minimum Gasteiger partial charge on any atom is -0.225 e. The van der Waals surface area contributed by atoms with Crippen molar-refractivity contribution in [2.24, 2.45) is 10.6 Å². The van der Waals surface area contributed by atoms with Gasteiger partial charge >= 0.3 is 0 Å². The summed E-state index contributed by atoms with van der Waals surface area (Å²) >= 11 is 0. The molecule has 0 amide bonds. The molecule has 0 aliphatic heterocycles. The molecular formula is C20H19NO2S. The van der Waals surface area contributed by atoms with E-state index in [1.54, 1.807) is 12.1 Å². The van der Waals surface area contributed by atoms with E-state index >= 15 is 0 Å². The molecule has 24 heavy (non-hydrogen) atoms. The fourth-order valence-electron chi connectivity index (χ4n) is 3.57. The van der Waals surface area contributed by atoms with Gasteiger partial charge in [-0.1, -0.05) is 61.0 Å². The third kappa shape index (κ3) is 2.62. The maximum Gasteiger partial charge on any atom is 0.238 e. The third-order valence-electron chi connectivity index (χ3n) is 5.02. The summed E-state index contributed by atoms with van der Waals surface area (Å²) in [5, 5.41) is 5.20. The number of hydrogen-bond acceptors (Lipinski definition) is 2. The quantitative estimate of drug-likeness (QED) is 0.921. The maximum absolute atomic E-state index is 11.5. The van der Waals surface area contributed by atoms with Gasteiger partial charge in [-0.15, -0.1) is 0 Å². The molecule has 3 nitrogen and oxygen atoms in total. The van der Waals surface area contributed by atoms with Gasteiger partial charge in [-0.25, -0.2) is 13.6 Å². The Hall–Kier alpha value is -2.17. The van der Waals surface area contributed by atoms with Crippen LogP contribution in [-0.2, 0) is 10.0 Å². The van der Waals surface area contributed by atoms with Crippen molar-refractivity contribution >= 4 is 21.2 Å². The lowest BCUT2D eigenvalue weighted by molar-refractivity contribution is 0.282. The van der Waals surface area contributed by atoms with Crippen LogP contribution in [0.1, 0.15) is 30.4 Å². The third-order valence-corrected chi connectivity index (χ3v) is 5.95. The van der Waals surface area contributed by atoms with Gasteiger partial charge in [0.15, 0.2) is 0 Å². The molecule has 2 N–H and O–H groups in total. The number of primary sulfonamides is 1. The van der Waals surface area contributed by atoms with Gasteiger partial charge in [-0.3, -0.25) is 0 Å². The van der Waals surface area contributed by atoms with Crippen molar-refractivity contribution in [1.29, 1.82) is 0 Å². The van der Waals surface area contributed by atoms with Crippen molar-refractivity contribution < 1.29 is 8.42 Å². The van der Waals surface area contributed by atoms with Crippen LogP contribution in [0.5, 0.6) is 0 Å². The average Bonchev–Trinajstić information content (AvgIpc) is 2.96. The number of benzene rings is 2. The Morgan fingerprint density at radius 1 is 0.792 bits per heavy atom. The van der Waals surface area contributed by atoms with Crippen LogP contribution in [0.2, 0.25) is 0 Å². The van der Waals surface area contributed by atoms with Crippen molar-refractivity contribution in [2.45, 2.75) is 24.2 Å². The van der Waals surface area contributed by atoms with E-state index in [2.05, 4.69) is 24.3 Å². The van der Waals surface area contributed by atoms with Crippen molar-refractivity contribution in [3.8, 4) is 0 Å². The highest BCUT2D eigenvalue weighted by molar-refractivity contribution is 7.89. The molecule has 0 aromatic heterocycles. The summed E-state index contributed by atoms with van der Waals surface area (Å²) in [7, 11) is -3.66. The molecule has 2 aliphatic carbocycles. The Morgan fingerprint density at radius 2 is 1.33 bits per heavy atom. The monoisotopic (exact) mass is 337 g/mol. The van der Waals surface area contributed by atoms with Crippen LogP contribution >= 0.6 is 0 Å². The van der Waals surface area contributed by atoms with E-state index in [0.29, 0.717) is 0 Å². The summed E-state index contributed by atoms with van der Waals surface area (Å²) < 4.78 is 22.9. The zero-order valence-electron chi connectivity index (χ0n) is 13.3. The van der Waals surface area contributed by atoms with Crippen molar-refractivity contribution in [2.75, 3.05) is 0 Å². The summed E-state index contributed by atoms with van der Waals surface area (Å²) in [4.78, 5) is 0.147. The second kappa shape index (κ2) is 5.43. The number of sulfonamides is 1. The largest absolute Gasteiger partial charge is 0.238 e. The first-order chi connectivity index (χ1) is 11.5. The number of hydrogen-bond donors (Lipinski definition) is 1. The minimum absolute atomic E-state index is 0.147. The molecule has 122 valence electrons. The zero-order chi connectivity index (χ0) is 16.8. The van der Waals surface area contributed by atoms with Gasteiger partial charge in [-0.2, -0.15) is 0 Å². The second-order valence-corrected chi connectivity index (χ2v) is 8.20. The lowest BCUT2D eigenvalue weighted by atomic mass is 9.70. The van der Waals surface area contributed by atoms with Crippen molar-refractivity contribution in [1.82, 2.24) is 0 Å². The first-order valence-corrected chi connectivity index (χ1v) is 9.66. The van der Waals surface area contributed by atoms with E-state index < -0.39 is 10.0 Å². The van der Waals surface area contributed by atoms with Crippen LogP contribution in [0.3, 0.4) is 0 Å². The highest BCUT2D eigenvalue weighted by Gasteiger charge is 2.38. The summed E-state index contributed by atoms with van der Waals surface area (Å²) in [6, 6.07) is 17.2. The molecule has 0 saturated heterocycles. The van der Waals surface area contributed by atoms with Crippen LogP contribution in [0.15, 0.2) is 71.6 Å². The van der Waals surface area contributed by atoms with Crippen LogP contribution in [0, 0.1) is 5.41 Å². The fraction of sp³-hybridized carbons (Fsp3) is 0.200. The van der Waals surface area contributed by atoms with Gasteiger partial charge < -0.3 is 0 Å². The van der Waals surface area contributed by atoms with E-state index in [9.17, 15) is 8.42 Å². The minimum atomic E-state index is -3.66. The molecule has 0 atom stereocenters. The molecule has 1 fully saturated rings. The number of allylic oxidation sites excluding steroid dienone is 4. The van der Waals surface area contributed by atoms with E-state index in [1.807, 2.05) is 30.3 Å². The van der Waals surface area contributed by atoms with E-state index in [-0.39, 0.29) is 10.3 Å². The maximum atomic E-state index is 11.5. The highest BCUT2D eigenvalue weighted by Crippen LogP contribution is 2.53. The van der Waals surface area contributed by atoms with Crippen LogP contribution in [0.25, 0.3) is 11.1 Å². The molecule has 4 heteroatoms. The van der Waals surface area contributed by atoms with Gasteiger partial charge in [0.25, 0.3) is 0 Å². The Labute approximate surface area is 142 Å². The first-order valence-electron chi connectivity index (χ1n) is 8.12. The second-order valence-electron chi connectivity index (χ2n) is 6.64. The van der Waals surface area contributed by atoms with Gasteiger partial charge in [0.2, 0.25) is 10.0 Å². The van der Waals surface area contributed by atoms with Gasteiger partial charge in [0.1, 0.15) is 0 Å². The van der Waals surface area contributed by atoms with Crippen molar-refractivity contribution in [3.05, 3.63) is 77.9 Å². The molecule has 2 aliphatic rings. The van der Waals surface area contributed by atoms with E-state index in [0.717, 1.165) is 5.56 Å². The Morgan fingerprint density at radius 3 is 1.79 bits per heavy atom. The predicted molar refractivity (Wildman–Crippen MR) is 96.5 cm³/mol. The summed E-state index contributed by atoms with van der Waals surface area (Å²) in [6.07, 6.45) is 8.36. The molecule has 0 radical (unpaired) electrons. The van der Waals surface area contributed by atoms with E-state index in [4.69, 9.17) is 5.14 Å². The van der Waals surface area contributed by atoms with Gasteiger partial charge in [-0.05, 0) is 47.2 Å². The zero-order valence-corrected chi connectivity index (χ0v) is 14.1. The number of nitrogens with two attached hydrogens (primary N) is 1. The molecule has 4 rings (SSSR count). The molecule has 1 saturated carbocycles. The van der Waals surface area contributed by atoms with Crippen LogP contribution in [0.4, 0.5) is 0 Å². The summed E-state index contributed by atoms with van der Waals surface area (Å²) in [5.41, 5.74) is 4.82. The molecule has 0 unspecified atom stereocenters. The van der Waals surface area contributed by atoms with Gasteiger partial charge in [0, 0.05) is 5.41 Å². The average molecular weight is 337 g/mol. The Balaban J connectivity index is 1.78. The topological polar surface area (TPSA) is 60.2 Å². The first kappa shape index (κ1) is 15.4. The summed E-state index contributed by atoms with van der Waals surface area (Å²) in [6.45, 7) is 0. The summed E-state index contributed by atoms with van der Waals surface area (Å²) in [5.74, 6) is 0. The lowest BCUT2D eigenvalue weighted by Crippen LogP contribution is -2.22. The SMILES string of the molecule is NS(=O)(=O)c1ccc(C2=CC3(C=C2c2ccccc2)CCC3)cc1. The van der Waals surface area contributed by atoms with Crippen LogP contribution in [-0.4, -0.2) is 8.42 Å². The number of rotatable bonds is 3. The molecule has 2 aromatic carbocycles. The fourth-order valence-corrected chi connectivity index (χ4v) is 4.08. The normalized spacial score (nSPS) is 18.9. The molecule has 0 bridgehead atoms. The molecule has 0 heterocycles. The van der Waals surface area contributed by atoms with Gasteiger partial charge in [0.05, 0.1) is 4.90 Å². The lowest BCUT2D eigenvalue weighted by Gasteiger charge is -2.34. The predicted octanol–water partition coefficient (Wildman–Crippen LogP) is 3.98.